The highest BCUT2D eigenvalue weighted by atomic mass is 16.5. The highest BCUT2D eigenvalue weighted by Crippen LogP contribution is 2.27. The largest absolute Gasteiger partial charge is 0.493 e. The molecule has 1 unspecified atom stereocenters. The highest BCUT2D eigenvalue weighted by molar-refractivity contribution is 5.76. The Labute approximate surface area is 120 Å². The van der Waals surface area contributed by atoms with Crippen molar-refractivity contribution in [3.63, 3.8) is 0 Å². The zero-order chi connectivity index (χ0) is 14.4. The van der Waals surface area contributed by atoms with Gasteiger partial charge in [-0.1, -0.05) is 18.9 Å². The maximum atomic E-state index is 11.9. The molecule has 0 radical (unpaired) electrons. The van der Waals surface area contributed by atoms with Crippen molar-refractivity contribution >= 4 is 11.6 Å². The van der Waals surface area contributed by atoms with Crippen molar-refractivity contribution < 1.29 is 9.53 Å². The Balaban J connectivity index is 1.67. The van der Waals surface area contributed by atoms with E-state index in [1.54, 1.807) is 6.07 Å². The molecule has 0 saturated heterocycles. The van der Waals surface area contributed by atoms with Gasteiger partial charge in [0.05, 0.1) is 13.0 Å². The van der Waals surface area contributed by atoms with Gasteiger partial charge in [0, 0.05) is 17.8 Å². The van der Waals surface area contributed by atoms with Crippen LogP contribution in [0.5, 0.6) is 5.75 Å². The summed E-state index contributed by atoms with van der Waals surface area (Å²) in [5.41, 5.74) is 6.33. The summed E-state index contributed by atoms with van der Waals surface area (Å²) in [6.45, 7) is 2.49. The SMILES string of the molecule is CC(NC(=O)CCOc1cccc(N)c1)C1CCCC1. The molecule has 1 fully saturated rings. The number of amides is 1. The van der Waals surface area contributed by atoms with Crippen LogP contribution >= 0.6 is 0 Å². The molecule has 1 amide bonds. The smallest absolute Gasteiger partial charge is 0.223 e. The standard InChI is InChI=1S/C16H24N2O2/c1-12(13-5-2-3-6-13)18-16(19)9-10-20-15-8-4-7-14(17)11-15/h4,7-8,11-13H,2-3,5-6,9-10,17H2,1H3,(H,18,19). The molecule has 0 bridgehead atoms. The Bertz CT molecular complexity index is 442. The summed E-state index contributed by atoms with van der Waals surface area (Å²) in [4.78, 5) is 11.9. The molecular formula is C16H24N2O2. The fraction of sp³-hybridized carbons (Fsp3) is 0.562. The molecule has 0 spiro atoms. The Morgan fingerprint density at radius 3 is 2.90 bits per heavy atom. The molecule has 2 rings (SSSR count). The average Bonchev–Trinajstić information content (AvgIpc) is 2.92. The van der Waals surface area contributed by atoms with Crippen LogP contribution in [0.1, 0.15) is 39.0 Å². The molecule has 110 valence electrons. The van der Waals surface area contributed by atoms with Crippen LogP contribution in [0.4, 0.5) is 5.69 Å². The number of hydrogen-bond donors (Lipinski definition) is 2. The van der Waals surface area contributed by atoms with Crippen LogP contribution in [0.25, 0.3) is 0 Å². The second-order valence-corrected chi connectivity index (χ2v) is 5.57. The number of rotatable bonds is 6. The first-order chi connectivity index (χ1) is 9.65. The molecule has 1 aromatic rings. The number of benzene rings is 1. The number of nitrogen functional groups attached to an aromatic ring is 1. The van der Waals surface area contributed by atoms with Crippen molar-refractivity contribution in [3.8, 4) is 5.75 Å². The predicted octanol–water partition coefficient (Wildman–Crippen LogP) is 2.73. The number of nitrogens with two attached hydrogens (primary N) is 1. The number of ether oxygens (including phenoxy) is 1. The van der Waals surface area contributed by atoms with Gasteiger partial charge in [-0.15, -0.1) is 0 Å². The van der Waals surface area contributed by atoms with Crippen LogP contribution < -0.4 is 15.8 Å². The first kappa shape index (κ1) is 14.7. The van der Waals surface area contributed by atoms with E-state index in [1.165, 1.54) is 25.7 Å². The third kappa shape index (κ3) is 4.44. The summed E-state index contributed by atoms with van der Waals surface area (Å²) in [6, 6.07) is 7.53. The monoisotopic (exact) mass is 276 g/mol. The van der Waals surface area contributed by atoms with Crippen LogP contribution in [-0.2, 0) is 4.79 Å². The van der Waals surface area contributed by atoms with Gasteiger partial charge >= 0.3 is 0 Å². The van der Waals surface area contributed by atoms with Crippen LogP contribution in [0.15, 0.2) is 24.3 Å². The number of carbonyl (C=O) groups is 1. The minimum atomic E-state index is 0.0632. The molecule has 1 saturated carbocycles. The summed E-state index contributed by atoms with van der Waals surface area (Å²) in [5, 5.41) is 3.08. The summed E-state index contributed by atoms with van der Waals surface area (Å²) < 4.78 is 5.52. The van der Waals surface area contributed by atoms with Crippen molar-refractivity contribution in [1.29, 1.82) is 0 Å². The van der Waals surface area contributed by atoms with Crippen LogP contribution in [0, 0.1) is 5.92 Å². The maximum absolute atomic E-state index is 11.9. The lowest BCUT2D eigenvalue weighted by molar-refractivity contribution is -0.122. The minimum absolute atomic E-state index is 0.0632. The van der Waals surface area contributed by atoms with Gasteiger partial charge < -0.3 is 15.8 Å². The van der Waals surface area contributed by atoms with E-state index in [0.29, 0.717) is 30.4 Å². The van der Waals surface area contributed by atoms with Gasteiger partial charge in [-0.2, -0.15) is 0 Å². The van der Waals surface area contributed by atoms with Gasteiger partial charge in [-0.25, -0.2) is 0 Å². The molecule has 4 heteroatoms. The van der Waals surface area contributed by atoms with Crippen molar-refractivity contribution in [2.45, 2.75) is 45.1 Å². The minimum Gasteiger partial charge on any atom is -0.493 e. The third-order valence-corrected chi connectivity index (χ3v) is 3.95. The molecule has 1 aliphatic carbocycles. The first-order valence-electron chi connectivity index (χ1n) is 7.43. The van der Waals surface area contributed by atoms with E-state index in [0.717, 1.165) is 0 Å². The number of carbonyl (C=O) groups excluding carboxylic acids is 1. The topological polar surface area (TPSA) is 64.3 Å². The van der Waals surface area contributed by atoms with Crippen LogP contribution in [-0.4, -0.2) is 18.6 Å². The van der Waals surface area contributed by atoms with Crippen molar-refractivity contribution in [2.24, 2.45) is 5.92 Å². The molecule has 1 atom stereocenters. The molecule has 1 aromatic carbocycles. The van der Waals surface area contributed by atoms with Gasteiger partial charge in [0.15, 0.2) is 0 Å². The number of hydrogen-bond acceptors (Lipinski definition) is 3. The molecule has 0 aromatic heterocycles. The van der Waals surface area contributed by atoms with Gasteiger partial charge in [-0.3, -0.25) is 4.79 Å². The molecular weight excluding hydrogens is 252 g/mol. The zero-order valence-electron chi connectivity index (χ0n) is 12.1. The lowest BCUT2D eigenvalue weighted by Crippen LogP contribution is -2.37. The van der Waals surface area contributed by atoms with Crippen molar-refractivity contribution in [1.82, 2.24) is 5.32 Å². The van der Waals surface area contributed by atoms with Crippen LogP contribution in [0.3, 0.4) is 0 Å². The molecule has 1 aliphatic rings. The predicted molar refractivity (Wildman–Crippen MR) is 80.5 cm³/mol. The lowest BCUT2D eigenvalue weighted by atomic mass is 10.00. The van der Waals surface area contributed by atoms with E-state index in [1.807, 2.05) is 18.2 Å². The third-order valence-electron chi connectivity index (χ3n) is 3.95. The van der Waals surface area contributed by atoms with Crippen molar-refractivity contribution in [3.05, 3.63) is 24.3 Å². The second-order valence-electron chi connectivity index (χ2n) is 5.57. The summed E-state index contributed by atoms with van der Waals surface area (Å²) in [5.74, 6) is 1.42. The van der Waals surface area contributed by atoms with Gasteiger partial charge in [0.25, 0.3) is 0 Å². The average molecular weight is 276 g/mol. The van der Waals surface area contributed by atoms with E-state index in [9.17, 15) is 4.79 Å². The fourth-order valence-corrected chi connectivity index (χ4v) is 2.77. The summed E-state index contributed by atoms with van der Waals surface area (Å²) >= 11 is 0. The zero-order valence-corrected chi connectivity index (χ0v) is 12.1. The Hall–Kier alpha value is -1.71. The van der Waals surface area contributed by atoms with E-state index in [2.05, 4.69) is 12.2 Å². The number of nitrogens with one attached hydrogen (secondary N) is 1. The van der Waals surface area contributed by atoms with E-state index >= 15 is 0 Å². The fourth-order valence-electron chi connectivity index (χ4n) is 2.77. The van der Waals surface area contributed by atoms with Gasteiger partial charge in [0.2, 0.25) is 5.91 Å². The van der Waals surface area contributed by atoms with Crippen molar-refractivity contribution in [2.75, 3.05) is 12.3 Å². The summed E-state index contributed by atoms with van der Waals surface area (Å²) in [7, 11) is 0. The Morgan fingerprint density at radius 2 is 2.20 bits per heavy atom. The molecule has 0 aliphatic heterocycles. The van der Waals surface area contributed by atoms with Gasteiger partial charge in [0.1, 0.15) is 5.75 Å². The van der Waals surface area contributed by atoms with E-state index in [4.69, 9.17) is 10.5 Å². The molecule has 0 heterocycles. The molecule has 4 nitrogen and oxygen atoms in total. The lowest BCUT2D eigenvalue weighted by Gasteiger charge is -2.20. The van der Waals surface area contributed by atoms with E-state index < -0.39 is 0 Å². The highest BCUT2D eigenvalue weighted by Gasteiger charge is 2.22. The number of anilines is 1. The van der Waals surface area contributed by atoms with Gasteiger partial charge in [-0.05, 0) is 37.8 Å². The maximum Gasteiger partial charge on any atom is 0.223 e. The quantitative estimate of drug-likeness (QED) is 0.785. The first-order valence-corrected chi connectivity index (χ1v) is 7.43. The Morgan fingerprint density at radius 1 is 1.45 bits per heavy atom. The Kier molecular flexibility index (Phi) is 5.27. The summed E-state index contributed by atoms with van der Waals surface area (Å²) in [6.07, 6.45) is 5.45. The van der Waals surface area contributed by atoms with Crippen LogP contribution in [0.2, 0.25) is 0 Å². The molecule has 3 N–H and O–H groups in total. The molecule has 20 heavy (non-hydrogen) atoms. The second kappa shape index (κ2) is 7.17. The van der Waals surface area contributed by atoms with E-state index in [-0.39, 0.29) is 11.9 Å². The normalized spacial score (nSPS) is 16.9.